The zero-order chi connectivity index (χ0) is 16.0. The largest absolute Gasteiger partial charge is 0.508 e. The van der Waals surface area contributed by atoms with E-state index in [0.717, 1.165) is 0 Å². The number of nitrogens with one attached hydrogen (secondary N) is 1. The zero-order valence-corrected chi connectivity index (χ0v) is 12.2. The standard InChI is InChI=1S/C15H19NO5/c1-4-21-13(18)8-10(3)16-14(15(19)20)11-5-6-12(17)9(2)7-11/h5-8,14,16-17H,4H2,1-3H3,(H,19,20). The van der Waals surface area contributed by atoms with Crippen LogP contribution in [-0.2, 0) is 14.3 Å². The van der Waals surface area contributed by atoms with Crippen molar-refractivity contribution in [2.75, 3.05) is 6.61 Å². The first-order valence-electron chi connectivity index (χ1n) is 6.49. The van der Waals surface area contributed by atoms with Crippen molar-refractivity contribution >= 4 is 11.9 Å². The van der Waals surface area contributed by atoms with Gasteiger partial charge >= 0.3 is 11.9 Å². The van der Waals surface area contributed by atoms with E-state index in [1.54, 1.807) is 26.8 Å². The number of aromatic hydroxyl groups is 1. The highest BCUT2D eigenvalue weighted by atomic mass is 16.5. The number of aryl methyl sites for hydroxylation is 1. The minimum absolute atomic E-state index is 0.0988. The van der Waals surface area contributed by atoms with E-state index in [2.05, 4.69) is 5.32 Å². The lowest BCUT2D eigenvalue weighted by Crippen LogP contribution is -2.27. The molecule has 0 aliphatic carbocycles. The Morgan fingerprint density at radius 1 is 1.43 bits per heavy atom. The molecule has 0 heterocycles. The van der Waals surface area contributed by atoms with E-state index >= 15 is 0 Å². The van der Waals surface area contributed by atoms with Gasteiger partial charge in [-0.15, -0.1) is 0 Å². The van der Waals surface area contributed by atoms with E-state index in [1.807, 2.05) is 0 Å². The number of phenols is 1. The maximum Gasteiger partial charge on any atom is 0.332 e. The van der Waals surface area contributed by atoms with Crippen molar-refractivity contribution in [1.29, 1.82) is 0 Å². The van der Waals surface area contributed by atoms with Gasteiger partial charge in [0.25, 0.3) is 0 Å². The van der Waals surface area contributed by atoms with Gasteiger partial charge in [-0.25, -0.2) is 9.59 Å². The molecule has 1 aromatic carbocycles. The van der Waals surface area contributed by atoms with Gasteiger partial charge in [0.1, 0.15) is 11.8 Å². The van der Waals surface area contributed by atoms with E-state index in [1.165, 1.54) is 18.2 Å². The van der Waals surface area contributed by atoms with Crippen LogP contribution < -0.4 is 5.32 Å². The van der Waals surface area contributed by atoms with Gasteiger partial charge in [-0.05, 0) is 44.0 Å². The molecule has 0 amide bonds. The maximum atomic E-state index is 11.4. The number of carboxylic acids is 1. The van der Waals surface area contributed by atoms with Crippen molar-refractivity contribution < 1.29 is 24.5 Å². The van der Waals surface area contributed by atoms with E-state index in [-0.39, 0.29) is 12.4 Å². The first kappa shape index (κ1) is 16.6. The Morgan fingerprint density at radius 2 is 2.10 bits per heavy atom. The summed E-state index contributed by atoms with van der Waals surface area (Å²) in [6.45, 7) is 5.20. The second kappa shape index (κ2) is 7.33. The Hall–Kier alpha value is -2.50. The van der Waals surface area contributed by atoms with E-state index < -0.39 is 18.0 Å². The SMILES string of the molecule is CCOC(=O)C=C(C)NC(C(=O)O)c1ccc(O)c(C)c1. The Balaban J connectivity index is 2.95. The molecule has 21 heavy (non-hydrogen) atoms. The minimum Gasteiger partial charge on any atom is -0.508 e. The highest BCUT2D eigenvalue weighted by Crippen LogP contribution is 2.22. The number of esters is 1. The topological polar surface area (TPSA) is 95.9 Å². The quantitative estimate of drug-likeness (QED) is 0.547. The highest BCUT2D eigenvalue weighted by molar-refractivity contribution is 5.83. The molecule has 114 valence electrons. The summed E-state index contributed by atoms with van der Waals surface area (Å²) in [6, 6.07) is 3.52. The summed E-state index contributed by atoms with van der Waals surface area (Å²) in [5.74, 6) is -1.52. The summed E-state index contributed by atoms with van der Waals surface area (Å²) in [4.78, 5) is 22.7. The molecule has 0 spiro atoms. The first-order chi connectivity index (χ1) is 9.85. The van der Waals surface area contributed by atoms with Crippen LogP contribution in [0.4, 0.5) is 0 Å². The molecule has 1 rings (SSSR count). The molecule has 0 saturated heterocycles. The lowest BCUT2D eigenvalue weighted by molar-refractivity contribution is -0.140. The summed E-state index contributed by atoms with van der Waals surface area (Å²) < 4.78 is 4.76. The number of allylic oxidation sites excluding steroid dienone is 1. The van der Waals surface area contributed by atoms with E-state index in [0.29, 0.717) is 16.8 Å². The molecule has 0 radical (unpaired) electrons. The number of hydrogen-bond acceptors (Lipinski definition) is 5. The summed E-state index contributed by atoms with van der Waals surface area (Å²) in [7, 11) is 0. The fraction of sp³-hybridized carbons (Fsp3) is 0.333. The van der Waals surface area contributed by atoms with Crippen molar-refractivity contribution in [2.45, 2.75) is 26.8 Å². The number of carbonyl (C=O) groups is 2. The van der Waals surface area contributed by atoms with Crippen molar-refractivity contribution in [1.82, 2.24) is 5.32 Å². The Morgan fingerprint density at radius 3 is 2.62 bits per heavy atom. The van der Waals surface area contributed by atoms with Crippen LogP contribution in [-0.4, -0.2) is 28.8 Å². The van der Waals surface area contributed by atoms with E-state index in [9.17, 15) is 19.8 Å². The number of phenolic OH excluding ortho intramolecular Hbond substituents is 1. The van der Waals surface area contributed by atoms with E-state index in [4.69, 9.17) is 4.74 Å². The third-order valence-corrected chi connectivity index (χ3v) is 2.79. The molecule has 0 fully saturated rings. The van der Waals surface area contributed by atoms with Crippen molar-refractivity contribution in [3.05, 3.63) is 41.1 Å². The van der Waals surface area contributed by atoms with Crippen molar-refractivity contribution in [3.63, 3.8) is 0 Å². The first-order valence-corrected chi connectivity index (χ1v) is 6.49. The molecule has 1 atom stereocenters. The van der Waals surface area contributed by atoms with Crippen LogP contribution in [0.25, 0.3) is 0 Å². The molecule has 0 saturated carbocycles. The summed E-state index contributed by atoms with van der Waals surface area (Å²) in [5, 5.41) is 21.5. The minimum atomic E-state index is -1.09. The van der Waals surface area contributed by atoms with Crippen LogP contribution in [0.2, 0.25) is 0 Å². The highest BCUT2D eigenvalue weighted by Gasteiger charge is 2.20. The fourth-order valence-electron chi connectivity index (χ4n) is 1.78. The Labute approximate surface area is 123 Å². The lowest BCUT2D eigenvalue weighted by atomic mass is 10.0. The second-order valence-electron chi connectivity index (χ2n) is 4.54. The third-order valence-electron chi connectivity index (χ3n) is 2.79. The lowest BCUT2D eigenvalue weighted by Gasteiger charge is -2.17. The zero-order valence-electron chi connectivity index (χ0n) is 12.2. The van der Waals surface area contributed by atoms with Gasteiger partial charge in [0.15, 0.2) is 0 Å². The maximum absolute atomic E-state index is 11.4. The number of benzene rings is 1. The molecule has 0 bridgehead atoms. The molecule has 0 aliphatic rings. The number of ether oxygens (including phenoxy) is 1. The van der Waals surface area contributed by atoms with Crippen LogP contribution in [0.1, 0.15) is 31.0 Å². The van der Waals surface area contributed by atoms with Gasteiger partial charge in [-0.3, -0.25) is 0 Å². The molecule has 1 unspecified atom stereocenters. The number of carbonyl (C=O) groups excluding carboxylic acids is 1. The van der Waals surface area contributed by atoms with Crippen molar-refractivity contribution in [3.8, 4) is 5.75 Å². The molecule has 6 heteroatoms. The van der Waals surface area contributed by atoms with Gasteiger partial charge in [0.05, 0.1) is 6.61 Å². The molecule has 0 aromatic heterocycles. The monoisotopic (exact) mass is 293 g/mol. The Bertz CT molecular complexity index is 565. The summed E-state index contributed by atoms with van der Waals surface area (Å²) in [6.07, 6.45) is 1.20. The van der Waals surface area contributed by atoms with Gasteiger partial charge in [-0.2, -0.15) is 0 Å². The number of rotatable bonds is 6. The van der Waals surface area contributed by atoms with Gasteiger partial charge in [0, 0.05) is 11.8 Å². The summed E-state index contributed by atoms with van der Waals surface area (Å²) >= 11 is 0. The van der Waals surface area contributed by atoms with Crippen molar-refractivity contribution in [2.24, 2.45) is 0 Å². The predicted molar refractivity (Wildman–Crippen MR) is 76.7 cm³/mol. The average Bonchev–Trinajstić information content (AvgIpc) is 2.39. The molecule has 3 N–H and O–H groups in total. The van der Waals surface area contributed by atoms with Crippen LogP contribution in [0.3, 0.4) is 0 Å². The molecular formula is C15H19NO5. The summed E-state index contributed by atoms with van der Waals surface area (Å²) in [5.41, 5.74) is 1.44. The van der Waals surface area contributed by atoms with Crippen LogP contribution >= 0.6 is 0 Å². The molecule has 0 aliphatic heterocycles. The Kier molecular flexibility index (Phi) is 5.78. The van der Waals surface area contributed by atoms with Crippen LogP contribution in [0.5, 0.6) is 5.75 Å². The van der Waals surface area contributed by atoms with Crippen LogP contribution in [0, 0.1) is 6.92 Å². The second-order valence-corrected chi connectivity index (χ2v) is 4.54. The van der Waals surface area contributed by atoms with Crippen LogP contribution in [0.15, 0.2) is 30.0 Å². The smallest absolute Gasteiger partial charge is 0.332 e. The molecule has 1 aromatic rings. The number of hydrogen-bond donors (Lipinski definition) is 3. The number of carboxylic acid groups (broad SMARTS) is 1. The normalized spacial score (nSPS) is 12.6. The fourth-order valence-corrected chi connectivity index (χ4v) is 1.78. The van der Waals surface area contributed by atoms with Gasteiger partial charge < -0.3 is 20.3 Å². The molecular weight excluding hydrogens is 274 g/mol. The third kappa shape index (κ3) is 4.83. The predicted octanol–water partition coefficient (Wildman–Crippen LogP) is 1.88. The number of aliphatic carboxylic acids is 1. The average molecular weight is 293 g/mol. The van der Waals surface area contributed by atoms with Gasteiger partial charge in [0.2, 0.25) is 0 Å². The molecule has 6 nitrogen and oxygen atoms in total. The van der Waals surface area contributed by atoms with Gasteiger partial charge in [-0.1, -0.05) is 6.07 Å².